The Hall–Kier alpha value is -1.36. The van der Waals surface area contributed by atoms with Crippen LogP contribution in [0.5, 0.6) is 0 Å². The second-order valence-corrected chi connectivity index (χ2v) is 4.01. The number of rotatable bonds is 1. The maximum Gasteiger partial charge on any atom is 0.172 e. The van der Waals surface area contributed by atoms with Gasteiger partial charge in [0.15, 0.2) is 11.6 Å². The van der Waals surface area contributed by atoms with Crippen LogP contribution in [0.1, 0.15) is 5.56 Å². The van der Waals surface area contributed by atoms with Crippen LogP contribution in [-0.4, -0.2) is 5.16 Å². The maximum absolute atomic E-state index is 13.0. The summed E-state index contributed by atoms with van der Waals surface area (Å²) < 4.78 is 18.4. The van der Waals surface area contributed by atoms with Crippen molar-refractivity contribution < 1.29 is 8.91 Å². The van der Waals surface area contributed by atoms with Crippen LogP contribution in [0, 0.1) is 12.7 Å². The molecule has 0 atom stereocenters. The third-order valence-corrected chi connectivity index (χ3v) is 2.75. The lowest BCUT2D eigenvalue weighted by Gasteiger charge is -1.99. The number of anilines is 1. The van der Waals surface area contributed by atoms with Crippen LogP contribution in [0.3, 0.4) is 0 Å². The van der Waals surface area contributed by atoms with Gasteiger partial charge in [-0.1, -0.05) is 5.16 Å². The summed E-state index contributed by atoms with van der Waals surface area (Å²) in [6.07, 6.45) is 0. The number of aromatic nitrogens is 1. The molecule has 78 valence electrons. The monoisotopic (exact) mass is 270 g/mol. The van der Waals surface area contributed by atoms with E-state index in [1.165, 1.54) is 6.07 Å². The standard InChI is InChI=1S/C10H8BrFN2O/c1-5-9(15-14-10(5)13)6-2-3-8(12)7(11)4-6/h2-4H,1H3,(H2,13,14). The highest BCUT2D eigenvalue weighted by atomic mass is 79.9. The van der Waals surface area contributed by atoms with Crippen molar-refractivity contribution in [3.63, 3.8) is 0 Å². The van der Waals surface area contributed by atoms with E-state index in [0.717, 1.165) is 11.1 Å². The number of nitrogens with zero attached hydrogens (tertiary/aromatic N) is 1. The first kappa shape index (κ1) is 10.2. The van der Waals surface area contributed by atoms with Gasteiger partial charge < -0.3 is 10.3 Å². The van der Waals surface area contributed by atoms with Gasteiger partial charge in [0, 0.05) is 11.1 Å². The highest BCUT2D eigenvalue weighted by Gasteiger charge is 2.12. The number of nitrogen functional groups attached to an aromatic ring is 1. The molecule has 1 heterocycles. The highest BCUT2D eigenvalue weighted by molar-refractivity contribution is 9.10. The van der Waals surface area contributed by atoms with Crippen molar-refractivity contribution in [2.45, 2.75) is 6.92 Å². The van der Waals surface area contributed by atoms with E-state index >= 15 is 0 Å². The number of benzene rings is 1. The van der Waals surface area contributed by atoms with Gasteiger partial charge in [-0.25, -0.2) is 4.39 Å². The van der Waals surface area contributed by atoms with Gasteiger partial charge in [0.2, 0.25) is 0 Å². The summed E-state index contributed by atoms with van der Waals surface area (Å²) in [7, 11) is 0. The largest absolute Gasteiger partial charge is 0.381 e. The van der Waals surface area contributed by atoms with E-state index in [2.05, 4.69) is 21.1 Å². The molecule has 1 aromatic carbocycles. The van der Waals surface area contributed by atoms with Crippen LogP contribution in [-0.2, 0) is 0 Å². The zero-order chi connectivity index (χ0) is 11.0. The normalized spacial score (nSPS) is 10.6. The van der Waals surface area contributed by atoms with Crippen LogP contribution in [0.2, 0.25) is 0 Å². The van der Waals surface area contributed by atoms with Gasteiger partial charge in [0.05, 0.1) is 4.47 Å². The Balaban J connectivity index is 2.55. The first-order valence-corrected chi connectivity index (χ1v) is 5.06. The Bertz CT molecular complexity index is 510. The minimum absolute atomic E-state index is 0.316. The van der Waals surface area contributed by atoms with Gasteiger partial charge in [-0.2, -0.15) is 0 Å². The van der Waals surface area contributed by atoms with Crippen LogP contribution in [0.25, 0.3) is 11.3 Å². The van der Waals surface area contributed by atoms with E-state index in [0.29, 0.717) is 16.1 Å². The molecule has 0 spiro atoms. The molecule has 0 aliphatic rings. The SMILES string of the molecule is Cc1c(N)noc1-c1ccc(F)c(Br)c1. The first-order chi connectivity index (χ1) is 7.09. The molecule has 2 aromatic rings. The molecule has 0 bridgehead atoms. The second-order valence-electron chi connectivity index (χ2n) is 3.15. The van der Waals surface area contributed by atoms with Crippen molar-refractivity contribution in [2.24, 2.45) is 0 Å². The molecular weight excluding hydrogens is 263 g/mol. The van der Waals surface area contributed by atoms with Crippen molar-refractivity contribution in [1.82, 2.24) is 5.16 Å². The van der Waals surface area contributed by atoms with Gasteiger partial charge in [-0.05, 0) is 41.1 Å². The second kappa shape index (κ2) is 3.66. The molecule has 0 unspecified atom stereocenters. The fraction of sp³-hybridized carbons (Fsp3) is 0.100. The van der Waals surface area contributed by atoms with Crippen LogP contribution in [0.4, 0.5) is 10.2 Å². The molecule has 5 heteroatoms. The molecule has 0 saturated carbocycles. The van der Waals surface area contributed by atoms with Gasteiger partial charge in [0.25, 0.3) is 0 Å². The topological polar surface area (TPSA) is 52.0 Å². The van der Waals surface area contributed by atoms with E-state index in [1.807, 2.05) is 0 Å². The molecule has 0 aliphatic carbocycles. The van der Waals surface area contributed by atoms with Crippen molar-refractivity contribution in [3.05, 3.63) is 34.1 Å². The molecule has 2 N–H and O–H groups in total. The van der Waals surface area contributed by atoms with Crippen molar-refractivity contribution in [3.8, 4) is 11.3 Å². The van der Waals surface area contributed by atoms with Gasteiger partial charge >= 0.3 is 0 Å². The van der Waals surface area contributed by atoms with Gasteiger partial charge in [0.1, 0.15) is 5.82 Å². The zero-order valence-corrected chi connectivity index (χ0v) is 9.51. The molecule has 3 nitrogen and oxygen atoms in total. The lowest BCUT2D eigenvalue weighted by atomic mass is 10.1. The Kier molecular flexibility index (Phi) is 2.48. The van der Waals surface area contributed by atoms with Crippen LogP contribution in [0.15, 0.2) is 27.2 Å². The summed E-state index contributed by atoms with van der Waals surface area (Å²) in [5.74, 6) is 0.600. The Morgan fingerprint density at radius 1 is 1.47 bits per heavy atom. The van der Waals surface area contributed by atoms with Crippen molar-refractivity contribution >= 4 is 21.7 Å². The summed E-state index contributed by atoms with van der Waals surface area (Å²) in [6.45, 7) is 1.80. The molecule has 0 saturated heterocycles. The van der Waals surface area contributed by atoms with Crippen molar-refractivity contribution in [1.29, 1.82) is 0 Å². The molecule has 0 fully saturated rings. The molecular formula is C10H8BrFN2O. The van der Waals surface area contributed by atoms with E-state index in [4.69, 9.17) is 10.3 Å². The van der Waals surface area contributed by atoms with E-state index in [1.54, 1.807) is 19.1 Å². The molecule has 2 rings (SSSR count). The summed E-state index contributed by atoms with van der Waals surface area (Å²) in [6, 6.07) is 4.60. The minimum atomic E-state index is -0.316. The van der Waals surface area contributed by atoms with Crippen LogP contribution < -0.4 is 5.73 Å². The number of nitrogens with two attached hydrogens (primary N) is 1. The van der Waals surface area contributed by atoms with Crippen LogP contribution >= 0.6 is 15.9 Å². The smallest absolute Gasteiger partial charge is 0.172 e. The van der Waals surface area contributed by atoms with Gasteiger partial charge in [-0.15, -0.1) is 0 Å². The average Bonchev–Trinajstić information content (AvgIpc) is 2.53. The van der Waals surface area contributed by atoms with Gasteiger partial charge in [-0.3, -0.25) is 0 Å². The fourth-order valence-electron chi connectivity index (χ4n) is 1.25. The maximum atomic E-state index is 13.0. The number of hydrogen-bond donors (Lipinski definition) is 1. The highest BCUT2D eigenvalue weighted by Crippen LogP contribution is 2.29. The quantitative estimate of drug-likeness (QED) is 0.866. The van der Waals surface area contributed by atoms with E-state index < -0.39 is 0 Å². The molecule has 15 heavy (non-hydrogen) atoms. The lowest BCUT2D eigenvalue weighted by Crippen LogP contribution is -1.87. The third-order valence-electron chi connectivity index (χ3n) is 2.14. The Labute approximate surface area is 94.2 Å². The fourth-order valence-corrected chi connectivity index (χ4v) is 1.63. The summed E-state index contributed by atoms with van der Waals surface area (Å²) in [5, 5.41) is 3.64. The Morgan fingerprint density at radius 3 is 2.73 bits per heavy atom. The first-order valence-electron chi connectivity index (χ1n) is 4.26. The summed E-state index contributed by atoms with van der Waals surface area (Å²) >= 11 is 3.11. The van der Waals surface area contributed by atoms with E-state index in [9.17, 15) is 4.39 Å². The predicted molar refractivity (Wildman–Crippen MR) is 58.7 cm³/mol. The molecule has 0 amide bonds. The third kappa shape index (κ3) is 1.74. The minimum Gasteiger partial charge on any atom is -0.381 e. The summed E-state index contributed by atoms with van der Waals surface area (Å²) in [4.78, 5) is 0. The van der Waals surface area contributed by atoms with E-state index in [-0.39, 0.29) is 5.82 Å². The number of hydrogen-bond acceptors (Lipinski definition) is 3. The summed E-state index contributed by atoms with van der Waals surface area (Å²) in [5.41, 5.74) is 7.05. The van der Waals surface area contributed by atoms with Crippen molar-refractivity contribution in [2.75, 3.05) is 5.73 Å². The lowest BCUT2D eigenvalue weighted by molar-refractivity contribution is 0.435. The predicted octanol–water partition coefficient (Wildman–Crippen LogP) is 3.13. The molecule has 0 aliphatic heterocycles. The molecule has 1 aromatic heterocycles. The molecule has 0 radical (unpaired) electrons. The average molecular weight is 271 g/mol. The Morgan fingerprint density at radius 2 is 2.20 bits per heavy atom. The number of halogens is 2. The zero-order valence-electron chi connectivity index (χ0n) is 7.92.